The van der Waals surface area contributed by atoms with Crippen LogP contribution in [0.3, 0.4) is 0 Å². The van der Waals surface area contributed by atoms with Gasteiger partial charge in [-0.25, -0.2) is 4.39 Å². The summed E-state index contributed by atoms with van der Waals surface area (Å²) in [7, 11) is 1.71. The Morgan fingerprint density at radius 1 is 1.15 bits per heavy atom. The minimum absolute atomic E-state index is 0.0871. The smallest absolute Gasteiger partial charge is 0.260 e. The number of amides is 1. The Bertz CT molecular complexity index is 730. The summed E-state index contributed by atoms with van der Waals surface area (Å²) < 4.78 is 24.2. The number of carbonyl (C=O) groups excluding carboxylic acids is 1. The van der Waals surface area contributed by atoms with Gasteiger partial charge >= 0.3 is 0 Å². The minimum atomic E-state index is -0.471. The standard InChI is InChI=1S/C20H23FN2O3/c1-22(20(24)15-26-19-5-3-2-4-18(19)21)14-16-6-8-17(9-7-16)23-10-12-25-13-11-23/h2-9H,10-15H2,1H3. The van der Waals surface area contributed by atoms with Crippen LogP contribution in [-0.2, 0) is 16.1 Å². The Balaban J connectivity index is 1.51. The molecule has 1 aliphatic rings. The molecule has 138 valence electrons. The molecule has 1 saturated heterocycles. The van der Waals surface area contributed by atoms with Crippen molar-refractivity contribution in [2.24, 2.45) is 0 Å². The number of para-hydroxylation sites is 1. The van der Waals surface area contributed by atoms with Crippen molar-refractivity contribution >= 4 is 11.6 Å². The Morgan fingerprint density at radius 3 is 2.54 bits per heavy atom. The third-order valence-corrected chi connectivity index (χ3v) is 4.35. The lowest BCUT2D eigenvalue weighted by molar-refractivity contribution is -0.132. The highest BCUT2D eigenvalue weighted by molar-refractivity contribution is 5.77. The monoisotopic (exact) mass is 358 g/mol. The van der Waals surface area contributed by atoms with Crippen molar-refractivity contribution in [3.05, 3.63) is 59.9 Å². The molecule has 0 radical (unpaired) electrons. The molecule has 0 aromatic heterocycles. The van der Waals surface area contributed by atoms with Gasteiger partial charge in [0.2, 0.25) is 0 Å². The zero-order valence-corrected chi connectivity index (χ0v) is 14.9. The first-order valence-corrected chi connectivity index (χ1v) is 8.66. The zero-order chi connectivity index (χ0) is 18.4. The molecule has 1 fully saturated rings. The first kappa shape index (κ1) is 18.2. The molecule has 0 N–H and O–H groups in total. The summed E-state index contributed by atoms with van der Waals surface area (Å²) in [6.07, 6.45) is 0. The number of carbonyl (C=O) groups is 1. The largest absolute Gasteiger partial charge is 0.481 e. The normalized spacial score (nSPS) is 14.2. The van der Waals surface area contributed by atoms with E-state index < -0.39 is 5.82 Å². The third kappa shape index (κ3) is 4.73. The van der Waals surface area contributed by atoms with Crippen molar-refractivity contribution in [3.8, 4) is 5.75 Å². The Kier molecular flexibility index (Phi) is 6.07. The average molecular weight is 358 g/mol. The van der Waals surface area contributed by atoms with Gasteiger partial charge < -0.3 is 19.3 Å². The summed E-state index contributed by atoms with van der Waals surface area (Å²) in [5.74, 6) is -0.587. The SMILES string of the molecule is CN(Cc1ccc(N2CCOCC2)cc1)C(=O)COc1ccccc1F. The highest BCUT2D eigenvalue weighted by Gasteiger charge is 2.13. The number of benzene rings is 2. The van der Waals surface area contributed by atoms with Gasteiger partial charge in [0.05, 0.1) is 13.2 Å². The van der Waals surface area contributed by atoms with Crippen molar-refractivity contribution in [2.45, 2.75) is 6.54 Å². The van der Waals surface area contributed by atoms with Crippen LogP contribution in [0.2, 0.25) is 0 Å². The minimum Gasteiger partial charge on any atom is -0.481 e. The van der Waals surface area contributed by atoms with E-state index in [0.717, 1.165) is 37.6 Å². The second-order valence-electron chi connectivity index (χ2n) is 6.23. The van der Waals surface area contributed by atoms with Crippen molar-refractivity contribution in [1.29, 1.82) is 0 Å². The van der Waals surface area contributed by atoms with Crippen molar-refractivity contribution < 1.29 is 18.7 Å². The van der Waals surface area contributed by atoms with E-state index in [9.17, 15) is 9.18 Å². The molecule has 1 heterocycles. The summed E-state index contributed by atoms with van der Waals surface area (Å²) in [5.41, 5.74) is 2.19. The molecular formula is C20H23FN2O3. The Labute approximate surface area is 152 Å². The summed E-state index contributed by atoms with van der Waals surface area (Å²) in [4.78, 5) is 16.1. The van der Waals surface area contributed by atoms with Crippen LogP contribution in [-0.4, -0.2) is 50.8 Å². The predicted molar refractivity (Wildman–Crippen MR) is 97.8 cm³/mol. The van der Waals surface area contributed by atoms with Gasteiger partial charge in [0, 0.05) is 32.4 Å². The van der Waals surface area contributed by atoms with E-state index in [4.69, 9.17) is 9.47 Å². The molecule has 0 bridgehead atoms. The molecule has 0 unspecified atom stereocenters. The molecule has 0 spiro atoms. The van der Waals surface area contributed by atoms with Crippen molar-refractivity contribution in [1.82, 2.24) is 4.90 Å². The van der Waals surface area contributed by atoms with E-state index in [1.807, 2.05) is 12.1 Å². The fourth-order valence-electron chi connectivity index (χ4n) is 2.81. The number of ether oxygens (including phenoxy) is 2. The molecule has 0 aliphatic carbocycles. The molecule has 0 atom stereocenters. The number of hydrogen-bond donors (Lipinski definition) is 0. The highest BCUT2D eigenvalue weighted by Crippen LogP contribution is 2.18. The van der Waals surface area contributed by atoms with Gasteiger partial charge in [0.15, 0.2) is 18.2 Å². The molecule has 2 aromatic carbocycles. The van der Waals surface area contributed by atoms with Crippen LogP contribution in [0.1, 0.15) is 5.56 Å². The van der Waals surface area contributed by atoms with Gasteiger partial charge in [0.1, 0.15) is 0 Å². The van der Waals surface area contributed by atoms with Gasteiger partial charge in [-0.15, -0.1) is 0 Å². The second-order valence-corrected chi connectivity index (χ2v) is 6.23. The molecule has 3 rings (SSSR count). The molecule has 2 aromatic rings. The van der Waals surface area contributed by atoms with Crippen molar-refractivity contribution in [3.63, 3.8) is 0 Å². The number of morpholine rings is 1. The van der Waals surface area contributed by atoms with Gasteiger partial charge in [-0.3, -0.25) is 4.79 Å². The quantitative estimate of drug-likeness (QED) is 0.796. The maximum Gasteiger partial charge on any atom is 0.260 e. The van der Waals surface area contributed by atoms with Crippen LogP contribution in [0.15, 0.2) is 48.5 Å². The van der Waals surface area contributed by atoms with E-state index in [0.29, 0.717) is 6.54 Å². The first-order valence-electron chi connectivity index (χ1n) is 8.66. The molecule has 1 amide bonds. The van der Waals surface area contributed by atoms with Gasteiger partial charge in [-0.05, 0) is 29.8 Å². The van der Waals surface area contributed by atoms with Gasteiger partial charge in [-0.1, -0.05) is 24.3 Å². The topological polar surface area (TPSA) is 42.0 Å². The van der Waals surface area contributed by atoms with E-state index in [2.05, 4.69) is 17.0 Å². The molecule has 5 nitrogen and oxygen atoms in total. The number of anilines is 1. The molecule has 0 saturated carbocycles. The maximum absolute atomic E-state index is 13.5. The first-order chi connectivity index (χ1) is 12.6. The maximum atomic E-state index is 13.5. The fourth-order valence-corrected chi connectivity index (χ4v) is 2.81. The van der Waals surface area contributed by atoms with Crippen LogP contribution in [0, 0.1) is 5.82 Å². The number of rotatable bonds is 6. The van der Waals surface area contributed by atoms with E-state index >= 15 is 0 Å². The highest BCUT2D eigenvalue weighted by atomic mass is 19.1. The summed E-state index contributed by atoms with van der Waals surface area (Å²) in [5, 5.41) is 0. The van der Waals surface area contributed by atoms with Gasteiger partial charge in [-0.2, -0.15) is 0 Å². The Hall–Kier alpha value is -2.60. The van der Waals surface area contributed by atoms with E-state index in [1.54, 1.807) is 24.1 Å². The van der Waals surface area contributed by atoms with Crippen LogP contribution in [0.25, 0.3) is 0 Å². The predicted octanol–water partition coefficient (Wildman–Crippen LogP) is 2.70. The van der Waals surface area contributed by atoms with Crippen LogP contribution in [0.4, 0.5) is 10.1 Å². The number of hydrogen-bond acceptors (Lipinski definition) is 4. The van der Waals surface area contributed by atoms with E-state index in [1.165, 1.54) is 12.1 Å². The number of likely N-dealkylation sites (N-methyl/N-ethyl adjacent to an activating group) is 1. The Morgan fingerprint density at radius 2 is 1.85 bits per heavy atom. The summed E-state index contributed by atoms with van der Waals surface area (Å²) >= 11 is 0. The van der Waals surface area contributed by atoms with Crippen LogP contribution < -0.4 is 9.64 Å². The summed E-state index contributed by atoms with van der Waals surface area (Å²) in [6.45, 7) is 3.57. The van der Waals surface area contributed by atoms with Crippen molar-refractivity contribution in [2.75, 3.05) is 44.9 Å². The van der Waals surface area contributed by atoms with Crippen LogP contribution in [0.5, 0.6) is 5.75 Å². The third-order valence-electron chi connectivity index (χ3n) is 4.35. The average Bonchev–Trinajstić information content (AvgIpc) is 2.68. The lowest BCUT2D eigenvalue weighted by Crippen LogP contribution is -2.36. The summed E-state index contributed by atoms with van der Waals surface area (Å²) in [6, 6.07) is 14.2. The number of halogens is 1. The molecule has 6 heteroatoms. The molecule has 26 heavy (non-hydrogen) atoms. The van der Waals surface area contributed by atoms with E-state index in [-0.39, 0.29) is 18.3 Å². The zero-order valence-electron chi connectivity index (χ0n) is 14.9. The lowest BCUT2D eigenvalue weighted by atomic mass is 10.1. The van der Waals surface area contributed by atoms with Crippen LogP contribution >= 0.6 is 0 Å². The molecular weight excluding hydrogens is 335 g/mol. The number of nitrogens with zero attached hydrogens (tertiary/aromatic N) is 2. The van der Waals surface area contributed by atoms with Gasteiger partial charge in [0.25, 0.3) is 5.91 Å². The second kappa shape index (κ2) is 8.67. The molecule has 1 aliphatic heterocycles. The fraction of sp³-hybridized carbons (Fsp3) is 0.350. The lowest BCUT2D eigenvalue weighted by Gasteiger charge is -2.29.